The average molecular weight is 414 g/mol. The summed E-state index contributed by atoms with van der Waals surface area (Å²) in [6.45, 7) is 0.396. The molecule has 2 aromatic carbocycles. The highest BCUT2D eigenvalue weighted by Gasteiger charge is 2.09. The van der Waals surface area contributed by atoms with Crippen molar-refractivity contribution in [2.75, 3.05) is 7.11 Å². The van der Waals surface area contributed by atoms with Gasteiger partial charge in [0.15, 0.2) is 0 Å². The average Bonchev–Trinajstić information content (AvgIpc) is 2.47. The summed E-state index contributed by atoms with van der Waals surface area (Å²) in [5.74, 6) is 0.498. The summed E-state index contributed by atoms with van der Waals surface area (Å²) in [5, 5.41) is 0. The van der Waals surface area contributed by atoms with Crippen molar-refractivity contribution in [2.45, 2.75) is 13.0 Å². The Labute approximate surface area is 140 Å². The third kappa shape index (κ3) is 4.58. The molecule has 0 aliphatic heterocycles. The second-order valence-corrected chi connectivity index (χ2v) is 6.16. The van der Waals surface area contributed by atoms with E-state index in [-0.39, 0.29) is 12.4 Å². The number of hydrogen-bond acceptors (Lipinski definition) is 3. The number of esters is 1. The lowest BCUT2D eigenvalue weighted by atomic mass is 10.1. The SMILES string of the molecule is COC(=O)Cc1ccccc1COc1ccc(Br)cc1Br. The van der Waals surface area contributed by atoms with Crippen LogP contribution in [0.1, 0.15) is 11.1 Å². The molecule has 0 saturated heterocycles. The first-order chi connectivity index (χ1) is 10.1. The molecule has 0 amide bonds. The molecule has 0 unspecified atom stereocenters. The van der Waals surface area contributed by atoms with Crippen molar-refractivity contribution in [2.24, 2.45) is 0 Å². The lowest BCUT2D eigenvalue weighted by molar-refractivity contribution is -0.139. The first kappa shape index (κ1) is 16.0. The van der Waals surface area contributed by atoms with Crippen LogP contribution in [0.25, 0.3) is 0 Å². The maximum absolute atomic E-state index is 11.4. The number of hydrogen-bond donors (Lipinski definition) is 0. The zero-order chi connectivity index (χ0) is 15.2. The fourth-order valence-electron chi connectivity index (χ4n) is 1.85. The van der Waals surface area contributed by atoms with Crippen LogP contribution in [-0.4, -0.2) is 13.1 Å². The summed E-state index contributed by atoms with van der Waals surface area (Å²) >= 11 is 6.86. The van der Waals surface area contributed by atoms with E-state index in [1.807, 2.05) is 42.5 Å². The first-order valence-corrected chi connectivity index (χ1v) is 7.90. The van der Waals surface area contributed by atoms with Gasteiger partial charge in [0.2, 0.25) is 0 Å². The maximum atomic E-state index is 11.4. The van der Waals surface area contributed by atoms with Crippen LogP contribution in [0, 0.1) is 0 Å². The third-order valence-electron chi connectivity index (χ3n) is 2.96. The normalized spacial score (nSPS) is 10.2. The Bertz CT molecular complexity index is 641. The number of halogens is 2. The van der Waals surface area contributed by atoms with Gasteiger partial charge in [-0.25, -0.2) is 0 Å². The zero-order valence-electron chi connectivity index (χ0n) is 11.4. The van der Waals surface area contributed by atoms with Gasteiger partial charge in [-0.05, 0) is 45.3 Å². The molecule has 0 radical (unpaired) electrons. The number of benzene rings is 2. The molecule has 5 heteroatoms. The molecule has 0 N–H and O–H groups in total. The molecular formula is C16H14Br2O3. The fraction of sp³-hybridized carbons (Fsp3) is 0.188. The number of carbonyl (C=O) groups excluding carboxylic acids is 1. The van der Waals surface area contributed by atoms with Crippen LogP contribution < -0.4 is 4.74 Å². The predicted octanol–water partition coefficient (Wildman–Crippen LogP) is 4.51. The maximum Gasteiger partial charge on any atom is 0.309 e. The van der Waals surface area contributed by atoms with Crippen molar-refractivity contribution >= 4 is 37.8 Å². The van der Waals surface area contributed by atoms with Crippen molar-refractivity contribution < 1.29 is 14.3 Å². The lowest BCUT2D eigenvalue weighted by Gasteiger charge is -2.12. The van der Waals surface area contributed by atoms with Crippen LogP contribution in [0.2, 0.25) is 0 Å². The number of ether oxygens (including phenoxy) is 2. The van der Waals surface area contributed by atoms with Crippen LogP contribution in [0.5, 0.6) is 5.75 Å². The summed E-state index contributed by atoms with van der Waals surface area (Å²) < 4.78 is 12.4. The Morgan fingerprint density at radius 3 is 2.48 bits per heavy atom. The van der Waals surface area contributed by atoms with Crippen LogP contribution in [0.4, 0.5) is 0 Å². The van der Waals surface area contributed by atoms with Crippen molar-refractivity contribution in [3.8, 4) is 5.75 Å². The molecule has 2 aromatic rings. The zero-order valence-corrected chi connectivity index (χ0v) is 14.6. The molecule has 0 aliphatic rings. The van der Waals surface area contributed by atoms with Gasteiger partial charge in [0.05, 0.1) is 18.0 Å². The van der Waals surface area contributed by atoms with Gasteiger partial charge in [0.25, 0.3) is 0 Å². The predicted molar refractivity (Wildman–Crippen MR) is 88.3 cm³/mol. The van der Waals surface area contributed by atoms with Gasteiger partial charge in [0, 0.05) is 4.47 Å². The molecule has 21 heavy (non-hydrogen) atoms. The Morgan fingerprint density at radius 2 is 1.81 bits per heavy atom. The molecule has 0 heterocycles. The van der Waals surface area contributed by atoms with E-state index in [4.69, 9.17) is 9.47 Å². The van der Waals surface area contributed by atoms with Crippen molar-refractivity contribution in [1.29, 1.82) is 0 Å². The minimum atomic E-state index is -0.257. The quantitative estimate of drug-likeness (QED) is 0.676. The summed E-state index contributed by atoms with van der Waals surface area (Å²) in [4.78, 5) is 11.4. The van der Waals surface area contributed by atoms with Gasteiger partial charge in [0.1, 0.15) is 12.4 Å². The molecular weight excluding hydrogens is 400 g/mol. The van der Waals surface area contributed by atoms with E-state index in [9.17, 15) is 4.79 Å². The van der Waals surface area contributed by atoms with Gasteiger partial charge >= 0.3 is 5.97 Å². The van der Waals surface area contributed by atoms with Crippen molar-refractivity contribution in [3.63, 3.8) is 0 Å². The number of carbonyl (C=O) groups is 1. The topological polar surface area (TPSA) is 35.5 Å². The molecule has 3 nitrogen and oxygen atoms in total. The Hall–Kier alpha value is -1.33. The Morgan fingerprint density at radius 1 is 1.10 bits per heavy atom. The summed E-state index contributed by atoms with van der Waals surface area (Å²) in [7, 11) is 1.39. The molecule has 2 rings (SSSR count). The first-order valence-electron chi connectivity index (χ1n) is 6.31. The highest BCUT2D eigenvalue weighted by molar-refractivity contribution is 9.11. The Balaban J connectivity index is 2.11. The van der Waals surface area contributed by atoms with E-state index in [0.717, 1.165) is 25.8 Å². The van der Waals surface area contributed by atoms with Gasteiger partial charge in [-0.3, -0.25) is 4.79 Å². The Kier molecular flexibility index (Phi) is 5.82. The van der Waals surface area contributed by atoms with E-state index in [2.05, 4.69) is 31.9 Å². The second-order valence-electron chi connectivity index (χ2n) is 4.39. The molecule has 0 bridgehead atoms. The van der Waals surface area contributed by atoms with Crippen LogP contribution in [0.15, 0.2) is 51.4 Å². The molecule has 0 aliphatic carbocycles. The second kappa shape index (κ2) is 7.61. The van der Waals surface area contributed by atoms with E-state index in [0.29, 0.717) is 6.61 Å². The molecule has 0 fully saturated rings. The molecule has 0 aromatic heterocycles. The van der Waals surface area contributed by atoms with Crippen molar-refractivity contribution in [3.05, 3.63) is 62.5 Å². The summed E-state index contributed by atoms with van der Waals surface area (Å²) in [5.41, 5.74) is 1.88. The fourth-order valence-corrected chi connectivity index (χ4v) is 3.01. The highest BCUT2D eigenvalue weighted by atomic mass is 79.9. The largest absolute Gasteiger partial charge is 0.488 e. The van der Waals surface area contributed by atoms with Crippen LogP contribution in [0.3, 0.4) is 0 Å². The van der Waals surface area contributed by atoms with Gasteiger partial charge in [-0.2, -0.15) is 0 Å². The molecule has 0 saturated carbocycles. The van der Waals surface area contributed by atoms with Gasteiger partial charge in [-0.15, -0.1) is 0 Å². The summed E-state index contributed by atoms with van der Waals surface area (Å²) in [6.07, 6.45) is 0.248. The third-order valence-corrected chi connectivity index (χ3v) is 4.07. The van der Waals surface area contributed by atoms with Gasteiger partial charge in [-0.1, -0.05) is 40.2 Å². The van der Waals surface area contributed by atoms with E-state index < -0.39 is 0 Å². The van der Waals surface area contributed by atoms with Gasteiger partial charge < -0.3 is 9.47 Å². The van der Waals surface area contributed by atoms with E-state index >= 15 is 0 Å². The van der Waals surface area contributed by atoms with Crippen LogP contribution >= 0.6 is 31.9 Å². The van der Waals surface area contributed by atoms with E-state index in [1.54, 1.807) is 0 Å². The van der Waals surface area contributed by atoms with Crippen molar-refractivity contribution in [1.82, 2.24) is 0 Å². The minimum absolute atomic E-state index is 0.248. The smallest absolute Gasteiger partial charge is 0.309 e. The minimum Gasteiger partial charge on any atom is -0.488 e. The molecule has 0 atom stereocenters. The van der Waals surface area contributed by atoms with E-state index in [1.165, 1.54) is 7.11 Å². The highest BCUT2D eigenvalue weighted by Crippen LogP contribution is 2.29. The molecule has 0 spiro atoms. The number of methoxy groups -OCH3 is 1. The van der Waals surface area contributed by atoms with Crippen LogP contribution in [-0.2, 0) is 22.6 Å². The monoisotopic (exact) mass is 412 g/mol. The summed E-state index contributed by atoms with van der Waals surface area (Å²) in [6, 6.07) is 13.4. The number of rotatable bonds is 5. The standard InChI is InChI=1S/C16H14Br2O3/c1-20-16(19)8-11-4-2-3-5-12(11)10-21-15-7-6-13(17)9-14(15)18/h2-7,9H,8,10H2,1H3. The molecule has 110 valence electrons. The lowest BCUT2D eigenvalue weighted by Crippen LogP contribution is -2.08.